The number of para-hydroxylation sites is 1. The van der Waals surface area contributed by atoms with Gasteiger partial charge in [0.25, 0.3) is 0 Å². The molecule has 27 heavy (non-hydrogen) atoms. The Morgan fingerprint density at radius 2 is 1.89 bits per heavy atom. The zero-order valence-corrected chi connectivity index (χ0v) is 16.8. The summed E-state index contributed by atoms with van der Waals surface area (Å²) in [5.41, 5.74) is 1.08. The van der Waals surface area contributed by atoms with E-state index in [0.717, 1.165) is 56.1 Å². The summed E-state index contributed by atoms with van der Waals surface area (Å²) in [6.45, 7) is 6.25. The number of aromatic nitrogens is 1. The van der Waals surface area contributed by atoms with E-state index in [2.05, 4.69) is 33.3 Å². The van der Waals surface area contributed by atoms with Crippen LogP contribution in [0.4, 0.5) is 5.13 Å². The van der Waals surface area contributed by atoms with Gasteiger partial charge in [-0.25, -0.2) is 4.98 Å². The van der Waals surface area contributed by atoms with Crippen molar-refractivity contribution in [2.75, 3.05) is 44.2 Å². The maximum Gasteiger partial charge on any atom is 0.223 e. The summed E-state index contributed by atoms with van der Waals surface area (Å²) in [6, 6.07) is 8.29. The third kappa shape index (κ3) is 4.79. The predicted octanol–water partition coefficient (Wildman–Crippen LogP) is 3.50. The predicted molar refractivity (Wildman–Crippen MR) is 112 cm³/mol. The molecule has 2 aromatic rings. The number of hydrogen-bond acceptors (Lipinski definition) is 5. The van der Waals surface area contributed by atoms with Gasteiger partial charge in [-0.2, -0.15) is 0 Å². The van der Waals surface area contributed by atoms with E-state index in [1.54, 1.807) is 11.3 Å². The van der Waals surface area contributed by atoms with E-state index in [4.69, 9.17) is 4.98 Å². The number of rotatable bonds is 6. The van der Waals surface area contributed by atoms with Crippen LogP contribution in [0.25, 0.3) is 10.2 Å². The van der Waals surface area contributed by atoms with Crippen molar-refractivity contribution in [1.82, 2.24) is 15.2 Å². The van der Waals surface area contributed by atoms with Gasteiger partial charge < -0.3 is 15.1 Å². The highest BCUT2D eigenvalue weighted by molar-refractivity contribution is 7.22. The molecule has 1 N–H and O–H groups in total. The van der Waals surface area contributed by atoms with E-state index >= 15 is 0 Å². The number of anilines is 1. The Bertz CT molecular complexity index is 714. The van der Waals surface area contributed by atoms with Gasteiger partial charge in [0, 0.05) is 25.6 Å². The van der Waals surface area contributed by atoms with Crippen LogP contribution in [0, 0.1) is 5.92 Å². The molecule has 0 spiro atoms. The van der Waals surface area contributed by atoms with E-state index in [1.165, 1.54) is 37.1 Å². The van der Waals surface area contributed by atoms with Gasteiger partial charge >= 0.3 is 0 Å². The van der Waals surface area contributed by atoms with Crippen LogP contribution < -0.4 is 10.2 Å². The Balaban J connectivity index is 1.18. The molecule has 1 amide bonds. The Labute approximate surface area is 165 Å². The first-order valence-corrected chi connectivity index (χ1v) is 11.2. The number of carbonyl (C=O) groups is 1. The fourth-order valence-corrected chi connectivity index (χ4v) is 5.19. The molecule has 2 fully saturated rings. The molecule has 4 rings (SSSR count). The SMILES string of the molecule is O=C(NCCCN1CCCCC1)C1CCN(c2nc3ccccc3s2)CC1. The third-order valence-corrected chi connectivity index (χ3v) is 6.92. The molecule has 0 radical (unpaired) electrons. The minimum Gasteiger partial charge on any atom is -0.356 e. The highest BCUT2D eigenvalue weighted by atomic mass is 32.1. The molecule has 2 aliphatic heterocycles. The number of likely N-dealkylation sites (tertiary alicyclic amines) is 1. The average molecular weight is 387 g/mol. The Hall–Kier alpha value is -1.66. The van der Waals surface area contributed by atoms with Crippen LogP contribution in [0.1, 0.15) is 38.5 Å². The number of nitrogens with zero attached hydrogens (tertiary/aromatic N) is 3. The van der Waals surface area contributed by atoms with Crippen LogP contribution in [0.5, 0.6) is 0 Å². The van der Waals surface area contributed by atoms with Gasteiger partial charge in [0.05, 0.1) is 10.2 Å². The van der Waals surface area contributed by atoms with Crippen LogP contribution in [0.3, 0.4) is 0 Å². The Morgan fingerprint density at radius 3 is 2.67 bits per heavy atom. The first-order chi connectivity index (χ1) is 13.3. The fraction of sp³-hybridized carbons (Fsp3) is 0.619. The second-order valence-corrected chi connectivity index (χ2v) is 8.78. The van der Waals surface area contributed by atoms with Gasteiger partial charge in [0.2, 0.25) is 5.91 Å². The van der Waals surface area contributed by atoms with Crippen LogP contribution in [-0.2, 0) is 4.79 Å². The smallest absolute Gasteiger partial charge is 0.223 e. The molecular formula is C21H30N4OS. The number of piperidine rings is 2. The number of thiazole rings is 1. The molecule has 5 nitrogen and oxygen atoms in total. The molecule has 1 aromatic heterocycles. The van der Waals surface area contributed by atoms with Crippen molar-refractivity contribution in [2.45, 2.75) is 38.5 Å². The largest absolute Gasteiger partial charge is 0.356 e. The van der Waals surface area contributed by atoms with Crippen molar-refractivity contribution in [1.29, 1.82) is 0 Å². The number of carbonyl (C=O) groups excluding carboxylic acids is 1. The summed E-state index contributed by atoms with van der Waals surface area (Å²) in [6.07, 6.45) is 6.96. The van der Waals surface area contributed by atoms with Gasteiger partial charge in [0.15, 0.2) is 5.13 Å². The summed E-state index contributed by atoms with van der Waals surface area (Å²) in [5, 5.41) is 4.26. The summed E-state index contributed by atoms with van der Waals surface area (Å²) in [4.78, 5) is 22.1. The lowest BCUT2D eigenvalue weighted by atomic mass is 9.96. The van der Waals surface area contributed by atoms with Crippen molar-refractivity contribution in [3.8, 4) is 0 Å². The maximum atomic E-state index is 12.5. The van der Waals surface area contributed by atoms with Crippen LogP contribution >= 0.6 is 11.3 Å². The van der Waals surface area contributed by atoms with Crippen LogP contribution in [-0.4, -0.2) is 55.1 Å². The number of hydrogen-bond donors (Lipinski definition) is 1. The van der Waals surface area contributed by atoms with Crippen LogP contribution in [0.15, 0.2) is 24.3 Å². The third-order valence-electron chi connectivity index (χ3n) is 5.82. The first kappa shape index (κ1) is 18.7. The quantitative estimate of drug-likeness (QED) is 0.772. The van der Waals surface area contributed by atoms with Gasteiger partial charge in [0.1, 0.15) is 0 Å². The second kappa shape index (κ2) is 9.02. The zero-order valence-electron chi connectivity index (χ0n) is 16.0. The zero-order chi connectivity index (χ0) is 18.5. The van der Waals surface area contributed by atoms with E-state index < -0.39 is 0 Å². The van der Waals surface area contributed by atoms with Crippen molar-refractivity contribution >= 4 is 32.6 Å². The summed E-state index contributed by atoms with van der Waals surface area (Å²) in [7, 11) is 0. The fourth-order valence-electron chi connectivity index (χ4n) is 4.17. The van der Waals surface area contributed by atoms with Gasteiger partial charge in [-0.05, 0) is 63.9 Å². The molecule has 1 aromatic carbocycles. The van der Waals surface area contributed by atoms with Gasteiger partial charge in [-0.1, -0.05) is 29.9 Å². The van der Waals surface area contributed by atoms with Gasteiger partial charge in [-0.3, -0.25) is 4.79 Å². The number of benzene rings is 1. The minimum absolute atomic E-state index is 0.158. The Morgan fingerprint density at radius 1 is 1.11 bits per heavy atom. The lowest BCUT2D eigenvalue weighted by Crippen LogP contribution is -2.41. The molecule has 0 saturated carbocycles. The molecule has 0 unspecified atom stereocenters. The molecule has 3 heterocycles. The summed E-state index contributed by atoms with van der Waals surface area (Å²) < 4.78 is 1.24. The normalized spacial score (nSPS) is 19.5. The molecule has 2 aliphatic rings. The summed E-state index contributed by atoms with van der Waals surface area (Å²) in [5.74, 6) is 0.406. The first-order valence-electron chi connectivity index (χ1n) is 10.4. The molecular weight excluding hydrogens is 356 g/mol. The lowest BCUT2D eigenvalue weighted by molar-refractivity contribution is -0.125. The maximum absolute atomic E-state index is 12.5. The standard InChI is InChI=1S/C21H30N4OS/c26-20(22-11-6-14-24-12-4-1-5-13-24)17-9-15-25(16-10-17)21-23-18-7-2-3-8-19(18)27-21/h2-3,7-8,17H,1,4-6,9-16H2,(H,22,26). The molecule has 0 aliphatic carbocycles. The van der Waals surface area contributed by atoms with Crippen molar-refractivity contribution in [2.24, 2.45) is 5.92 Å². The average Bonchev–Trinajstić information content (AvgIpc) is 3.16. The molecule has 6 heteroatoms. The molecule has 2 saturated heterocycles. The van der Waals surface area contributed by atoms with Crippen molar-refractivity contribution < 1.29 is 4.79 Å². The van der Waals surface area contributed by atoms with E-state index in [-0.39, 0.29) is 11.8 Å². The van der Waals surface area contributed by atoms with E-state index in [9.17, 15) is 4.79 Å². The van der Waals surface area contributed by atoms with Gasteiger partial charge in [-0.15, -0.1) is 0 Å². The minimum atomic E-state index is 0.158. The summed E-state index contributed by atoms with van der Waals surface area (Å²) >= 11 is 1.75. The molecule has 0 bridgehead atoms. The highest BCUT2D eigenvalue weighted by Crippen LogP contribution is 2.31. The number of fused-ring (bicyclic) bond motifs is 1. The number of nitrogens with one attached hydrogen (secondary N) is 1. The topological polar surface area (TPSA) is 48.5 Å². The van der Waals surface area contributed by atoms with Crippen molar-refractivity contribution in [3.63, 3.8) is 0 Å². The Kier molecular flexibility index (Phi) is 6.24. The van der Waals surface area contributed by atoms with Crippen molar-refractivity contribution in [3.05, 3.63) is 24.3 Å². The van der Waals surface area contributed by atoms with E-state index in [0.29, 0.717) is 0 Å². The second-order valence-electron chi connectivity index (χ2n) is 7.77. The van der Waals surface area contributed by atoms with E-state index in [1.807, 2.05) is 6.07 Å². The monoisotopic (exact) mass is 386 g/mol. The van der Waals surface area contributed by atoms with Crippen LogP contribution in [0.2, 0.25) is 0 Å². The highest BCUT2D eigenvalue weighted by Gasteiger charge is 2.26. The molecule has 146 valence electrons. The lowest BCUT2D eigenvalue weighted by Gasteiger charge is -2.31. The molecule has 0 atom stereocenters. The number of amides is 1.